The molecular weight excluding hydrogens is 244 g/mol. The van der Waals surface area contributed by atoms with Crippen LogP contribution in [-0.4, -0.2) is 23.4 Å². The van der Waals surface area contributed by atoms with Gasteiger partial charge in [0, 0.05) is 29.9 Å². The van der Waals surface area contributed by atoms with Gasteiger partial charge in [0.15, 0.2) is 0 Å². The van der Waals surface area contributed by atoms with Gasteiger partial charge in [-0.25, -0.2) is 4.79 Å². The van der Waals surface area contributed by atoms with E-state index < -0.39 is 11.9 Å². The fourth-order valence-corrected chi connectivity index (χ4v) is 0.897. The van der Waals surface area contributed by atoms with Gasteiger partial charge < -0.3 is 16.2 Å². The summed E-state index contributed by atoms with van der Waals surface area (Å²) in [7, 11) is 0. The SMILES string of the molecule is CCl.Nc1ccc(NC(=O)/C=C\C(=O)O)cc1. The number of halogens is 1. The van der Waals surface area contributed by atoms with Crippen molar-refractivity contribution < 1.29 is 14.7 Å². The van der Waals surface area contributed by atoms with E-state index in [9.17, 15) is 9.59 Å². The van der Waals surface area contributed by atoms with Crippen molar-refractivity contribution in [3.63, 3.8) is 0 Å². The summed E-state index contributed by atoms with van der Waals surface area (Å²) < 4.78 is 0. The summed E-state index contributed by atoms with van der Waals surface area (Å²) in [5.74, 6) is -1.66. The number of amides is 1. The second-order valence-electron chi connectivity index (χ2n) is 2.78. The summed E-state index contributed by atoms with van der Waals surface area (Å²) in [6.45, 7) is 0. The number of aliphatic carboxylic acids is 1. The number of carbonyl (C=O) groups excluding carboxylic acids is 1. The zero-order valence-corrected chi connectivity index (χ0v) is 9.94. The van der Waals surface area contributed by atoms with E-state index in [1.54, 1.807) is 24.3 Å². The Labute approximate surface area is 104 Å². The minimum Gasteiger partial charge on any atom is -0.478 e. The molecule has 0 bridgehead atoms. The highest BCUT2D eigenvalue weighted by atomic mass is 35.5. The van der Waals surface area contributed by atoms with E-state index in [1.807, 2.05) is 0 Å². The summed E-state index contributed by atoms with van der Waals surface area (Å²) in [5, 5.41) is 10.8. The molecule has 1 amide bonds. The Hall–Kier alpha value is -2.01. The van der Waals surface area contributed by atoms with Gasteiger partial charge in [-0.05, 0) is 24.3 Å². The van der Waals surface area contributed by atoms with E-state index in [2.05, 4.69) is 16.9 Å². The highest BCUT2D eigenvalue weighted by Crippen LogP contribution is 2.10. The van der Waals surface area contributed by atoms with Gasteiger partial charge in [-0.1, -0.05) is 0 Å². The van der Waals surface area contributed by atoms with Crippen molar-refractivity contribution in [2.45, 2.75) is 0 Å². The van der Waals surface area contributed by atoms with Crippen molar-refractivity contribution in [3.8, 4) is 0 Å². The number of benzene rings is 1. The molecule has 0 fully saturated rings. The minimum absolute atomic E-state index is 0.498. The maximum Gasteiger partial charge on any atom is 0.328 e. The van der Waals surface area contributed by atoms with E-state index in [-0.39, 0.29) is 0 Å². The number of anilines is 2. The maximum absolute atomic E-state index is 11.1. The molecule has 0 aliphatic carbocycles. The Morgan fingerprint density at radius 2 is 1.76 bits per heavy atom. The second-order valence-corrected chi connectivity index (χ2v) is 2.78. The van der Waals surface area contributed by atoms with Gasteiger partial charge in [0.1, 0.15) is 0 Å². The van der Waals surface area contributed by atoms with Crippen LogP contribution in [0.2, 0.25) is 0 Å². The highest BCUT2D eigenvalue weighted by Gasteiger charge is 1.97. The molecule has 1 aromatic rings. The number of carboxylic acid groups (broad SMARTS) is 1. The third-order valence-electron chi connectivity index (χ3n) is 1.56. The number of carboxylic acids is 1. The van der Waals surface area contributed by atoms with Crippen LogP contribution in [0.5, 0.6) is 0 Å². The predicted octanol–water partition coefficient (Wildman–Crippen LogP) is 1.70. The topological polar surface area (TPSA) is 92.4 Å². The van der Waals surface area contributed by atoms with Gasteiger partial charge in [-0.2, -0.15) is 0 Å². The lowest BCUT2D eigenvalue weighted by atomic mass is 10.3. The molecule has 0 radical (unpaired) electrons. The average Bonchev–Trinajstić information content (AvgIpc) is 2.32. The smallest absolute Gasteiger partial charge is 0.328 e. The molecule has 0 heterocycles. The van der Waals surface area contributed by atoms with Gasteiger partial charge >= 0.3 is 5.97 Å². The number of hydrogen-bond donors (Lipinski definition) is 3. The monoisotopic (exact) mass is 256 g/mol. The van der Waals surface area contributed by atoms with Crippen LogP contribution in [-0.2, 0) is 9.59 Å². The molecule has 0 unspecified atom stereocenters. The highest BCUT2D eigenvalue weighted by molar-refractivity contribution is 6.15. The van der Waals surface area contributed by atoms with Crippen LogP contribution in [0.15, 0.2) is 36.4 Å². The maximum atomic E-state index is 11.1. The third kappa shape index (κ3) is 6.97. The minimum atomic E-state index is -1.16. The summed E-state index contributed by atoms with van der Waals surface area (Å²) in [6.07, 6.45) is 3.19. The number of alkyl halides is 1. The van der Waals surface area contributed by atoms with Crippen molar-refractivity contribution >= 4 is 34.9 Å². The van der Waals surface area contributed by atoms with Gasteiger partial charge in [-0.3, -0.25) is 4.79 Å². The summed E-state index contributed by atoms with van der Waals surface area (Å²) in [6, 6.07) is 6.52. The average molecular weight is 257 g/mol. The van der Waals surface area contributed by atoms with Gasteiger partial charge in [-0.15, -0.1) is 11.6 Å². The van der Waals surface area contributed by atoms with E-state index >= 15 is 0 Å². The van der Waals surface area contributed by atoms with Crippen molar-refractivity contribution in [2.75, 3.05) is 17.4 Å². The molecule has 0 aliphatic rings. The first-order valence-electron chi connectivity index (χ1n) is 4.53. The molecule has 0 spiro atoms. The molecule has 17 heavy (non-hydrogen) atoms. The van der Waals surface area contributed by atoms with Crippen LogP contribution < -0.4 is 11.1 Å². The van der Waals surface area contributed by atoms with Gasteiger partial charge in [0.2, 0.25) is 5.91 Å². The van der Waals surface area contributed by atoms with Crippen molar-refractivity contribution in [2.24, 2.45) is 0 Å². The standard InChI is InChI=1S/C10H10N2O3.CH3Cl/c11-7-1-3-8(4-2-7)12-9(13)5-6-10(14)15;1-2/h1-6H,11H2,(H,12,13)(H,14,15);1H3/b6-5-;. The first kappa shape index (κ1) is 15.0. The molecule has 0 aromatic heterocycles. The molecular formula is C11H13ClN2O3. The zero-order valence-electron chi connectivity index (χ0n) is 9.18. The van der Waals surface area contributed by atoms with Crippen molar-refractivity contribution in [1.29, 1.82) is 0 Å². The van der Waals surface area contributed by atoms with Crippen molar-refractivity contribution in [1.82, 2.24) is 0 Å². The summed E-state index contributed by atoms with van der Waals surface area (Å²) in [5.41, 5.74) is 6.60. The molecule has 5 nitrogen and oxygen atoms in total. The lowest BCUT2D eigenvalue weighted by Gasteiger charge is -2.01. The quantitative estimate of drug-likeness (QED) is 0.436. The van der Waals surface area contributed by atoms with Crippen LogP contribution in [0.4, 0.5) is 11.4 Å². The van der Waals surface area contributed by atoms with Crippen LogP contribution in [0, 0.1) is 0 Å². The molecule has 92 valence electrons. The first-order chi connectivity index (χ1) is 8.08. The zero-order chi connectivity index (χ0) is 13.3. The fourth-order valence-electron chi connectivity index (χ4n) is 0.897. The number of nitrogens with one attached hydrogen (secondary N) is 1. The molecule has 0 saturated carbocycles. The Kier molecular flexibility index (Phi) is 7.21. The van der Waals surface area contributed by atoms with Crippen LogP contribution in [0.3, 0.4) is 0 Å². The Balaban J connectivity index is 0.00000121. The largest absolute Gasteiger partial charge is 0.478 e. The predicted molar refractivity (Wildman–Crippen MR) is 68.0 cm³/mol. The lowest BCUT2D eigenvalue weighted by molar-refractivity contribution is -0.131. The third-order valence-corrected chi connectivity index (χ3v) is 1.56. The lowest BCUT2D eigenvalue weighted by Crippen LogP contribution is -2.08. The Morgan fingerprint density at radius 1 is 1.24 bits per heavy atom. The van der Waals surface area contributed by atoms with E-state index in [0.29, 0.717) is 11.4 Å². The fraction of sp³-hybridized carbons (Fsp3) is 0.0909. The Bertz CT molecular complexity index is 402. The molecule has 0 saturated heterocycles. The van der Waals surface area contributed by atoms with Crippen LogP contribution in [0.1, 0.15) is 0 Å². The second kappa shape index (κ2) is 8.18. The molecule has 4 N–H and O–H groups in total. The van der Waals surface area contributed by atoms with E-state index in [1.165, 1.54) is 6.38 Å². The molecule has 1 aromatic carbocycles. The normalized spacial score (nSPS) is 9.29. The van der Waals surface area contributed by atoms with Crippen LogP contribution in [0.25, 0.3) is 0 Å². The Morgan fingerprint density at radius 3 is 2.24 bits per heavy atom. The van der Waals surface area contributed by atoms with Gasteiger partial charge in [0.25, 0.3) is 0 Å². The molecule has 0 atom stereocenters. The van der Waals surface area contributed by atoms with E-state index in [4.69, 9.17) is 10.8 Å². The van der Waals surface area contributed by atoms with E-state index in [0.717, 1.165) is 12.2 Å². The number of nitrogens with two attached hydrogens (primary N) is 1. The van der Waals surface area contributed by atoms with Gasteiger partial charge in [0.05, 0.1) is 0 Å². The number of nitrogen functional groups attached to an aromatic ring is 1. The number of carbonyl (C=O) groups is 2. The van der Waals surface area contributed by atoms with Crippen LogP contribution >= 0.6 is 11.6 Å². The first-order valence-corrected chi connectivity index (χ1v) is 5.29. The summed E-state index contributed by atoms with van der Waals surface area (Å²) >= 11 is 4.64. The summed E-state index contributed by atoms with van der Waals surface area (Å²) in [4.78, 5) is 21.2. The molecule has 6 heteroatoms. The molecule has 0 aliphatic heterocycles. The number of hydrogen-bond acceptors (Lipinski definition) is 3. The number of rotatable bonds is 3. The molecule has 1 rings (SSSR count). The van der Waals surface area contributed by atoms with Crippen molar-refractivity contribution in [3.05, 3.63) is 36.4 Å².